The Kier molecular flexibility index (Phi) is 4.89. The number of likely N-dealkylation sites (tertiary alicyclic amines) is 1. The summed E-state index contributed by atoms with van der Waals surface area (Å²) >= 11 is 0. The minimum atomic E-state index is -0.700. The van der Waals surface area contributed by atoms with Crippen LogP contribution in [0, 0.1) is 0 Å². The van der Waals surface area contributed by atoms with Crippen LogP contribution in [0.5, 0.6) is 5.75 Å². The second-order valence-electron chi connectivity index (χ2n) is 5.88. The Labute approximate surface area is 151 Å². The van der Waals surface area contributed by atoms with Gasteiger partial charge in [-0.1, -0.05) is 48.5 Å². The number of ether oxygens (including phenoxy) is 1. The van der Waals surface area contributed by atoms with Gasteiger partial charge in [0.25, 0.3) is 11.7 Å². The van der Waals surface area contributed by atoms with Crippen LogP contribution in [-0.2, 0) is 9.59 Å². The van der Waals surface area contributed by atoms with Gasteiger partial charge in [0.05, 0.1) is 18.7 Å². The number of nitrogens with zero attached hydrogens (tertiary/aromatic N) is 1. The Morgan fingerprint density at radius 1 is 1.15 bits per heavy atom. The van der Waals surface area contributed by atoms with E-state index >= 15 is 0 Å². The van der Waals surface area contributed by atoms with Crippen molar-refractivity contribution in [1.29, 1.82) is 0 Å². The van der Waals surface area contributed by atoms with Crippen LogP contribution in [0.25, 0.3) is 5.76 Å². The van der Waals surface area contributed by atoms with E-state index in [4.69, 9.17) is 4.74 Å². The number of amides is 1. The van der Waals surface area contributed by atoms with Crippen LogP contribution in [0.15, 0.2) is 72.8 Å². The zero-order valence-corrected chi connectivity index (χ0v) is 14.4. The number of carbonyl (C=O) groups excluding carboxylic acids is 2. The van der Waals surface area contributed by atoms with E-state index in [-0.39, 0.29) is 17.9 Å². The third-order valence-corrected chi connectivity index (χ3v) is 4.34. The Balaban J connectivity index is 2.17. The van der Waals surface area contributed by atoms with Gasteiger partial charge in [-0.05, 0) is 17.7 Å². The molecule has 0 unspecified atom stereocenters. The number of methoxy groups -OCH3 is 1. The Bertz CT molecular complexity index is 869. The Morgan fingerprint density at radius 3 is 2.38 bits per heavy atom. The maximum absolute atomic E-state index is 12.6. The fourth-order valence-electron chi connectivity index (χ4n) is 3.09. The van der Waals surface area contributed by atoms with Crippen LogP contribution in [0.1, 0.15) is 17.2 Å². The molecule has 0 aliphatic carbocycles. The summed E-state index contributed by atoms with van der Waals surface area (Å²) in [7, 11) is 1.56. The number of carbonyl (C=O) groups is 2. The molecule has 1 heterocycles. The van der Waals surface area contributed by atoms with Crippen molar-refractivity contribution in [3.63, 3.8) is 0 Å². The topological polar surface area (TPSA) is 66.8 Å². The first-order valence-electron chi connectivity index (χ1n) is 8.17. The van der Waals surface area contributed by atoms with Gasteiger partial charge in [-0.25, -0.2) is 0 Å². The van der Waals surface area contributed by atoms with Crippen LogP contribution in [0.3, 0.4) is 0 Å². The lowest BCUT2D eigenvalue weighted by atomic mass is 9.95. The van der Waals surface area contributed by atoms with E-state index in [9.17, 15) is 14.7 Å². The summed E-state index contributed by atoms with van der Waals surface area (Å²) in [5, 5.41) is 10.8. The minimum absolute atomic E-state index is 0.0771. The van der Waals surface area contributed by atoms with E-state index in [0.29, 0.717) is 16.9 Å². The highest BCUT2D eigenvalue weighted by atomic mass is 16.5. The van der Waals surface area contributed by atoms with E-state index in [1.165, 1.54) is 4.90 Å². The van der Waals surface area contributed by atoms with E-state index < -0.39 is 17.7 Å². The van der Waals surface area contributed by atoms with E-state index in [0.717, 1.165) is 0 Å². The third-order valence-electron chi connectivity index (χ3n) is 4.34. The predicted octanol–water partition coefficient (Wildman–Crippen LogP) is 3.30. The minimum Gasteiger partial charge on any atom is -0.507 e. The summed E-state index contributed by atoms with van der Waals surface area (Å²) in [6.07, 6.45) is 1.56. The molecule has 26 heavy (non-hydrogen) atoms. The van der Waals surface area contributed by atoms with Crippen molar-refractivity contribution in [3.05, 3.63) is 84.0 Å². The first kappa shape index (κ1) is 17.5. The normalized spacial score (nSPS) is 18.8. The van der Waals surface area contributed by atoms with Crippen LogP contribution in [-0.4, -0.2) is 35.4 Å². The second-order valence-corrected chi connectivity index (χ2v) is 5.88. The highest BCUT2D eigenvalue weighted by molar-refractivity contribution is 6.46. The fourth-order valence-corrected chi connectivity index (χ4v) is 3.09. The number of Topliss-reactive ketones (excluding diaryl/α,β-unsaturated/α-hetero) is 1. The van der Waals surface area contributed by atoms with Crippen LogP contribution >= 0.6 is 0 Å². The molecule has 0 spiro atoms. The molecule has 2 aromatic carbocycles. The summed E-state index contributed by atoms with van der Waals surface area (Å²) < 4.78 is 5.17. The standard InChI is InChI=1S/C21H19NO4/c1-3-13-22-18(14-9-11-16(26-2)12-10-14)17(20(24)21(22)25)19(23)15-7-5-4-6-8-15/h3-12,18,23H,1,13H2,2H3/b19-17+/t18-/m1/s1. The number of hydrogen-bond donors (Lipinski definition) is 1. The van der Waals surface area contributed by atoms with Gasteiger partial charge >= 0.3 is 0 Å². The first-order valence-corrected chi connectivity index (χ1v) is 8.17. The van der Waals surface area contributed by atoms with Gasteiger partial charge in [0.1, 0.15) is 11.5 Å². The molecule has 0 bridgehead atoms. The van der Waals surface area contributed by atoms with Gasteiger partial charge in [0.15, 0.2) is 0 Å². The summed E-state index contributed by atoms with van der Waals surface area (Å²) in [6, 6.07) is 15.1. The van der Waals surface area contributed by atoms with Gasteiger partial charge in [0.2, 0.25) is 0 Å². The number of rotatable bonds is 5. The average Bonchev–Trinajstić information content (AvgIpc) is 2.93. The smallest absolute Gasteiger partial charge is 0.295 e. The van der Waals surface area contributed by atoms with Crippen LogP contribution < -0.4 is 4.74 Å². The van der Waals surface area contributed by atoms with Gasteiger partial charge in [-0.2, -0.15) is 0 Å². The van der Waals surface area contributed by atoms with Crippen molar-refractivity contribution in [2.75, 3.05) is 13.7 Å². The molecule has 1 saturated heterocycles. The summed E-state index contributed by atoms with van der Waals surface area (Å²) in [4.78, 5) is 26.6. The molecule has 2 aromatic rings. The van der Waals surface area contributed by atoms with Crippen molar-refractivity contribution in [2.24, 2.45) is 0 Å². The second kappa shape index (κ2) is 7.27. The lowest BCUT2D eigenvalue weighted by molar-refractivity contribution is -0.139. The highest BCUT2D eigenvalue weighted by Gasteiger charge is 2.45. The fraction of sp³-hybridized carbons (Fsp3) is 0.143. The van der Waals surface area contributed by atoms with Gasteiger partial charge < -0.3 is 14.7 Å². The van der Waals surface area contributed by atoms with Crippen molar-refractivity contribution >= 4 is 17.4 Å². The molecule has 0 saturated carbocycles. The zero-order valence-electron chi connectivity index (χ0n) is 14.4. The lowest BCUT2D eigenvalue weighted by Gasteiger charge is -2.24. The molecule has 1 amide bonds. The molecule has 1 atom stereocenters. The number of ketones is 1. The molecule has 3 rings (SSSR count). The summed E-state index contributed by atoms with van der Waals surface area (Å²) in [6.45, 7) is 3.86. The number of aliphatic hydroxyl groups is 1. The van der Waals surface area contributed by atoms with Gasteiger partial charge in [0, 0.05) is 12.1 Å². The third kappa shape index (κ3) is 2.99. The average molecular weight is 349 g/mol. The predicted molar refractivity (Wildman–Crippen MR) is 98.6 cm³/mol. The van der Waals surface area contributed by atoms with Crippen LogP contribution in [0.2, 0.25) is 0 Å². The largest absolute Gasteiger partial charge is 0.507 e. The van der Waals surface area contributed by atoms with Crippen molar-refractivity contribution in [2.45, 2.75) is 6.04 Å². The molecule has 1 aliphatic heterocycles. The van der Waals surface area contributed by atoms with E-state index in [1.54, 1.807) is 61.7 Å². The molecular weight excluding hydrogens is 330 g/mol. The number of benzene rings is 2. The van der Waals surface area contributed by atoms with Crippen molar-refractivity contribution in [1.82, 2.24) is 4.90 Å². The van der Waals surface area contributed by atoms with Crippen molar-refractivity contribution < 1.29 is 19.4 Å². The Morgan fingerprint density at radius 2 is 1.81 bits per heavy atom. The molecule has 0 aromatic heterocycles. The zero-order chi connectivity index (χ0) is 18.7. The molecule has 132 valence electrons. The van der Waals surface area contributed by atoms with Crippen molar-refractivity contribution in [3.8, 4) is 5.75 Å². The highest BCUT2D eigenvalue weighted by Crippen LogP contribution is 2.39. The maximum Gasteiger partial charge on any atom is 0.295 e. The monoisotopic (exact) mass is 349 g/mol. The van der Waals surface area contributed by atoms with Crippen LogP contribution in [0.4, 0.5) is 0 Å². The molecule has 1 aliphatic rings. The summed E-state index contributed by atoms with van der Waals surface area (Å²) in [5.74, 6) is -0.869. The van der Waals surface area contributed by atoms with E-state index in [2.05, 4.69) is 6.58 Å². The molecule has 1 fully saturated rings. The SMILES string of the molecule is C=CCN1C(=O)C(=O)/C(=C(/O)c2ccccc2)[C@H]1c1ccc(OC)cc1. The molecule has 5 heteroatoms. The Hall–Kier alpha value is -3.34. The molecular formula is C21H19NO4. The first-order chi connectivity index (χ1) is 12.6. The summed E-state index contributed by atoms with van der Waals surface area (Å²) in [5.41, 5.74) is 1.28. The molecule has 1 N–H and O–H groups in total. The molecule has 0 radical (unpaired) electrons. The quantitative estimate of drug-likeness (QED) is 0.389. The van der Waals surface area contributed by atoms with Gasteiger partial charge in [-0.3, -0.25) is 9.59 Å². The molecule has 5 nitrogen and oxygen atoms in total. The van der Waals surface area contributed by atoms with E-state index in [1.807, 2.05) is 6.07 Å². The maximum atomic E-state index is 12.6. The number of aliphatic hydroxyl groups excluding tert-OH is 1. The number of hydrogen-bond acceptors (Lipinski definition) is 4. The van der Waals surface area contributed by atoms with Gasteiger partial charge in [-0.15, -0.1) is 6.58 Å². The lowest BCUT2D eigenvalue weighted by Crippen LogP contribution is -2.29.